The fourth-order valence-corrected chi connectivity index (χ4v) is 2.62. The van der Waals surface area contributed by atoms with Crippen LogP contribution >= 0.6 is 0 Å². The van der Waals surface area contributed by atoms with Gasteiger partial charge in [0.25, 0.3) is 5.91 Å². The number of amides is 1. The maximum absolute atomic E-state index is 12.6. The van der Waals surface area contributed by atoms with Gasteiger partial charge in [0.05, 0.1) is 23.0 Å². The molecule has 136 valence electrons. The average molecular weight is 367 g/mol. The maximum atomic E-state index is 12.6. The molecule has 3 rings (SSSR count). The first kappa shape index (κ1) is 18.6. The molecule has 0 unspecified atom stereocenters. The smallest absolute Gasteiger partial charge is 0.267 e. The van der Waals surface area contributed by atoms with Crippen LogP contribution in [0.4, 0.5) is 5.82 Å². The molecule has 1 aromatic heterocycles. The van der Waals surface area contributed by atoms with Gasteiger partial charge in [0.15, 0.2) is 0 Å². The fourth-order valence-electron chi connectivity index (χ4n) is 2.62. The number of carbonyl (C=O) groups is 1. The second-order valence-corrected chi connectivity index (χ2v) is 6.28. The Labute approximate surface area is 163 Å². The summed E-state index contributed by atoms with van der Waals surface area (Å²) in [4.78, 5) is 12.6. The number of rotatable bonds is 4. The van der Waals surface area contributed by atoms with Gasteiger partial charge in [-0.25, -0.2) is 4.68 Å². The second kappa shape index (κ2) is 8.03. The van der Waals surface area contributed by atoms with Gasteiger partial charge in [-0.2, -0.15) is 15.6 Å². The minimum absolute atomic E-state index is 0.0426. The van der Waals surface area contributed by atoms with Crippen LogP contribution < -0.4 is 5.32 Å². The molecule has 0 aliphatic heterocycles. The summed E-state index contributed by atoms with van der Waals surface area (Å²) in [5, 5.41) is 25.4. The molecule has 6 heteroatoms. The summed E-state index contributed by atoms with van der Waals surface area (Å²) in [6.07, 6.45) is 1.48. The summed E-state index contributed by atoms with van der Waals surface area (Å²) in [6.45, 7) is 3.83. The molecular formula is C22H17N5O. The third-order valence-electron chi connectivity index (χ3n) is 4.07. The second-order valence-electron chi connectivity index (χ2n) is 6.28. The van der Waals surface area contributed by atoms with Crippen molar-refractivity contribution < 1.29 is 4.79 Å². The number of hydrogen-bond donors (Lipinski definition) is 1. The molecule has 1 heterocycles. The van der Waals surface area contributed by atoms with E-state index in [0.29, 0.717) is 16.9 Å². The Morgan fingerprint density at radius 3 is 2.36 bits per heavy atom. The van der Waals surface area contributed by atoms with Crippen molar-refractivity contribution in [2.24, 2.45) is 0 Å². The van der Waals surface area contributed by atoms with Crippen LogP contribution in [-0.4, -0.2) is 15.7 Å². The molecule has 0 saturated heterocycles. The van der Waals surface area contributed by atoms with E-state index in [4.69, 9.17) is 5.26 Å². The van der Waals surface area contributed by atoms with Crippen molar-refractivity contribution in [2.75, 3.05) is 5.32 Å². The van der Waals surface area contributed by atoms with Gasteiger partial charge in [-0.15, -0.1) is 0 Å². The molecule has 0 atom stereocenters. The zero-order valence-corrected chi connectivity index (χ0v) is 15.5. The quantitative estimate of drug-likeness (QED) is 0.559. The van der Waals surface area contributed by atoms with Crippen molar-refractivity contribution in [3.05, 3.63) is 82.6 Å². The lowest BCUT2D eigenvalue weighted by molar-refractivity contribution is -0.112. The normalized spacial score (nSPS) is 10.8. The van der Waals surface area contributed by atoms with E-state index < -0.39 is 5.91 Å². The van der Waals surface area contributed by atoms with E-state index >= 15 is 0 Å². The van der Waals surface area contributed by atoms with Gasteiger partial charge < -0.3 is 5.32 Å². The van der Waals surface area contributed by atoms with Crippen molar-refractivity contribution in [2.45, 2.75) is 13.8 Å². The first-order valence-electron chi connectivity index (χ1n) is 8.57. The fraction of sp³-hybridized carbons (Fsp3) is 0.0909. The van der Waals surface area contributed by atoms with Gasteiger partial charge in [0.2, 0.25) is 0 Å². The molecule has 0 saturated carbocycles. The molecule has 1 N–H and O–H groups in total. The van der Waals surface area contributed by atoms with Crippen LogP contribution in [0.3, 0.4) is 0 Å². The summed E-state index contributed by atoms with van der Waals surface area (Å²) < 4.78 is 1.63. The number of nitriles is 2. The van der Waals surface area contributed by atoms with Gasteiger partial charge in [0.1, 0.15) is 17.5 Å². The highest BCUT2D eigenvalue weighted by molar-refractivity contribution is 6.09. The highest BCUT2D eigenvalue weighted by Crippen LogP contribution is 2.19. The summed E-state index contributed by atoms with van der Waals surface area (Å²) in [5.74, 6) is -0.0487. The number of aromatic nitrogens is 2. The van der Waals surface area contributed by atoms with E-state index in [-0.39, 0.29) is 5.57 Å². The highest BCUT2D eigenvalue weighted by atomic mass is 16.1. The SMILES string of the molecule is Cc1ccc(-n2nc(C)cc2NC(=O)/C(C#N)=C/c2ccc(C#N)cc2)cc1. The van der Waals surface area contributed by atoms with E-state index in [1.165, 1.54) is 6.08 Å². The van der Waals surface area contributed by atoms with Crippen LogP contribution in [0.25, 0.3) is 11.8 Å². The van der Waals surface area contributed by atoms with E-state index in [0.717, 1.165) is 16.9 Å². The van der Waals surface area contributed by atoms with Gasteiger partial charge in [-0.3, -0.25) is 4.79 Å². The van der Waals surface area contributed by atoms with Crippen molar-refractivity contribution >= 4 is 17.8 Å². The molecule has 3 aromatic rings. The zero-order chi connectivity index (χ0) is 20.1. The minimum Gasteiger partial charge on any atom is -0.306 e. The lowest BCUT2D eigenvalue weighted by Crippen LogP contribution is -2.16. The van der Waals surface area contributed by atoms with Gasteiger partial charge >= 0.3 is 0 Å². The number of carbonyl (C=O) groups excluding carboxylic acids is 1. The third kappa shape index (κ3) is 4.14. The van der Waals surface area contributed by atoms with Crippen molar-refractivity contribution in [1.29, 1.82) is 10.5 Å². The van der Waals surface area contributed by atoms with Crippen LogP contribution in [0, 0.1) is 36.5 Å². The Morgan fingerprint density at radius 2 is 1.75 bits per heavy atom. The summed E-state index contributed by atoms with van der Waals surface area (Å²) in [7, 11) is 0. The van der Waals surface area contributed by atoms with E-state index in [9.17, 15) is 10.1 Å². The van der Waals surface area contributed by atoms with Crippen LogP contribution in [0.2, 0.25) is 0 Å². The molecule has 6 nitrogen and oxygen atoms in total. The topological polar surface area (TPSA) is 94.5 Å². The average Bonchev–Trinajstić information content (AvgIpc) is 3.07. The molecule has 0 bridgehead atoms. The van der Waals surface area contributed by atoms with Gasteiger partial charge in [0, 0.05) is 6.07 Å². The van der Waals surface area contributed by atoms with Gasteiger partial charge in [-0.05, 0) is 49.8 Å². The van der Waals surface area contributed by atoms with E-state index in [2.05, 4.69) is 10.4 Å². The van der Waals surface area contributed by atoms with Crippen LogP contribution in [-0.2, 0) is 4.79 Å². The molecule has 1 amide bonds. The molecule has 0 fully saturated rings. The summed E-state index contributed by atoms with van der Waals surface area (Å²) >= 11 is 0. The Bertz CT molecular complexity index is 1120. The predicted octanol–water partition coefficient (Wildman–Crippen LogP) is 3.91. The lowest BCUT2D eigenvalue weighted by Gasteiger charge is -2.09. The van der Waals surface area contributed by atoms with Crippen LogP contribution in [0.5, 0.6) is 0 Å². The maximum Gasteiger partial charge on any atom is 0.267 e. The molecule has 0 radical (unpaired) electrons. The van der Waals surface area contributed by atoms with E-state index in [1.807, 2.05) is 50.3 Å². The monoisotopic (exact) mass is 367 g/mol. The molecule has 28 heavy (non-hydrogen) atoms. The standard InChI is InChI=1S/C22H17N5O/c1-15-3-9-20(10-4-15)27-21(11-16(2)26-27)25-22(28)19(14-24)12-17-5-7-18(13-23)8-6-17/h3-12H,1-2H3,(H,25,28)/b19-12+. The number of benzene rings is 2. The summed E-state index contributed by atoms with van der Waals surface area (Å²) in [6, 6.07) is 20.1. The van der Waals surface area contributed by atoms with Crippen molar-refractivity contribution in [1.82, 2.24) is 9.78 Å². The van der Waals surface area contributed by atoms with Crippen molar-refractivity contribution in [3.63, 3.8) is 0 Å². The number of aryl methyl sites for hydroxylation is 2. The zero-order valence-electron chi connectivity index (χ0n) is 15.5. The Balaban J connectivity index is 1.87. The Morgan fingerprint density at radius 1 is 1.07 bits per heavy atom. The highest BCUT2D eigenvalue weighted by Gasteiger charge is 2.14. The number of hydrogen-bond acceptors (Lipinski definition) is 4. The minimum atomic E-state index is -0.528. The summed E-state index contributed by atoms with van der Waals surface area (Å²) in [5.41, 5.74) is 3.80. The van der Waals surface area contributed by atoms with Crippen LogP contribution in [0.1, 0.15) is 22.4 Å². The Kier molecular flexibility index (Phi) is 5.34. The number of anilines is 1. The number of nitrogens with zero attached hydrogens (tertiary/aromatic N) is 4. The first-order valence-corrected chi connectivity index (χ1v) is 8.57. The molecule has 2 aromatic carbocycles. The van der Waals surface area contributed by atoms with Crippen LogP contribution in [0.15, 0.2) is 60.2 Å². The third-order valence-corrected chi connectivity index (χ3v) is 4.07. The molecule has 0 spiro atoms. The number of nitrogens with one attached hydrogen (secondary N) is 1. The molecule has 0 aliphatic carbocycles. The predicted molar refractivity (Wildman–Crippen MR) is 106 cm³/mol. The van der Waals surface area contributed by atoms with E-state index in [1.54, 1.807) is 35.0 Å². The largest absolute Gasteiger partial charge is 0.306 e. The van der Waals surface area contributed by atoms with Crippen molar-refractivity contribution in [3.8, 4) is 17.8 Å². The Hall–Kier alpha value is -4.16. The molecule has 0 aliphatic rings. The lowest BCUT2D eigenvalue weighted by atomic mass is 10.1. The first-order chi connectivity index (χ1) is 13.5. The van der Waals surface area contributed by atoms with Gasteiger partial charge in [-0.1, -0.05) is 29.8 Å². The molecular weight excluding hydrogens is 350 g/mol.